The lowest BCUT2D eigenvalue weighted by molar-refractivity contribution is 0.771. The third-order valence-corrected chi connectivity index (χ3v) is 3.27. The number of aromatic nitrogens is 5. The number of nitrogens with two attached hydrogens (primary N) is 1. The summed E-state index contributed by atoms with van der Waals surface area (Å²) in [6, 6.07) is 6.32. The number of nitrogen functional groups attached to an aromatic ring is 1. The summed E-state index contributed by atoms with van der Waals surface area (Å²) in [5, 5.41) is 10.6. The van der Waals surface area contributed by atoms with E-state index in [4.69, 9.17) is 5.73 Å². The fraction of sp³-hybridized carbons (Fsp3) is 0.250. The van der Waals surface area contributed by atoms with Gasteiger partial charge in [-0.05, 0) is 31.0 Å². The van der Waals surface area contributed by atoms with Crippen LogP contribution in [0.4, 0.5) is 5.69 Å². The van der Waals surface area contributed by atoms with E-state index in [9.17, 15) is 0 Å². The van der Waals surface area contributed by atoms with Crippen molar-refractivity contribution in [1.29, 1.82) is 0 Å². The molecule has 0 bridgehead atoms. The normalized spacial score (nSPS) is 15.3. The summed E-state index contributed by atoms with van der Waals surface area (Å²) < 4.78 is 2.23. The second-order valence-electron chi connectivity index (χ2n) is 4.64. The molecule has 2 heterocycles. The van der Waals surface area contributed by atoms with E-state index < -0.39 is 0 Å². The minimum absolute atomic E-state index is 0.517. The minimum Gasteiger partial charge on any atom is -0.399 e. The van der Waals surface area contributed by atoms with E-state index in [1.807, 2.05) is 18.2 Å². The monoisotopic (exact) mass is 240 g/mol. The van der Waals surface area contributed by atoms with Gasteiger partial charge >= 0.3 is 0 Å². The van der Waals surface area contributed by atoms with Gasteiger partial charge in [0.25, 0.3) is 0 Å². The molecule has 0 saturated heterocycles. The van der Waals surface area contributed by atoms with Gasteiger partial charge in [-0.25, -0.2) is 4.98 Å². The van der Waals surface area contributed by atoms with Crippen LogP contribution in [0.25, 0.3) is 22.6 Å². The zero-order valence-corrected chi connectivity index (χ0v) is 9.67. The van der Waals surface area contributed by atoms with Crippen molar-refractivity contribution in [3.05, 3.63) is 24.4 Å². The third kappa shape index (κ3) is 1.32. The molecular formula is C12H12N6. The Hall–Kier alpha value is -2.37. The van der Waals surface area contributed by atoms with Gasteiger partial charge in [-0.1, -0.05) is 0 Å². The highest BCUT2D eigenvalue weighted by Gasteiger charge is 2.29. The Morgan fingerprint density at radius 1 is 1.33 bits per heavy atom. The van der Waals surface area contributed by atoms with Crippen LogP contribution >= 0.6 is 0 Å². The molecule has 1 aliphatic carbocycles. The molecular weight excluding hydrogens is 228 g/mol. The highest BCUT2D eigenvalue weighted by molar-refractivity contribution is 5.83. The molecule has 18 heavy (non-hydrogen) atoms. The van der Waals surface area contributed by atoms with Gasteiger partial charge in [0.2, 0.25) is 0 Å². The van der Waals surface area contributed by atoms with Gasteiger partial charge in [-0.3, -0.25) is 0 Å². The standard InChI is InChI=1S/C12H12N6/c13-7-1-4-9-11(5-7)18(8-2-3-8)12(15-9)10-6-14-17-16-10/h1,4-6,8H,2-3,13H2,(H,14,16,17). The van der Waals surface area contributed by atoms with Crippen molar-refractivity contribution in [3.63, 3.8) is 0 Å². The number of nitrogens with one attached hydrogen (secondary N) is 1. The number of hydrogen-bond donors (Lipinski definition) is 2. The van der Waals surface area contributed by atoms with Crippen LogP contribution in [0.2, 0.25) is 0 Å². The van der Waals surface area contributed by atoms with Crippen molar-refractivity contribution >= 4 is 16.7 Å². The first kappa shape index (κ1) is 9.64. The number of nitrogens with zero attached hydrogens (tertiary/aromatic N) is 4. The van der Waals surface area contributed by atoms with Gasteiger partial charge < -0.3 is 10.3 Å². The average molecular weight is 240 g/mol. The fourth-order valence-corrected chi connectivity index (χ4v) is 2.30. The van der Waals surface area contributed by atoms with Gasteiger partial charge in [0, 0.05) is 11.7 Å². The molecule has 6 heteroatoms. The topological polar surface area (TPSA) is 85.4 Å². The van der Waals surface area contributed by atoms with Crippen molar-refractivity contribution in [1.82, 2.24) is 25.0 Å². The lowest BCUT2D eigenvalue weighted by Gasteiger charge is -2.05. The van der Waals surface area contributed by atoms with Crippen LogP contribution in [0.15, 0.2) is 24.4 Å². The SMILES string of the molecule is Nc1ccc2nc(-c3cn[nH]n3)n(C3CC3)c2c1. The van der Waals surface area contributed by atoms with Gasteiger partial charge in [0.05, 0.1) is 17.2 Å². The summed E-state index contributed by atoms with van der Waals surface area (Å²) in [4.78, 5) is 4.64. The van der Waals surface area contributed by atoms with Crippen LogP contribution in [-0.4, -0.2) is 25.0 Å². The summed E-state index contributed by atoms with van der Waals surface area (Å²) in [5.41, 5.74) is 9.43. The molecule has 0 aliphatic heterocycles. The van der Waals surface area contributed by atoms with Crippen LogP contribution in [0.5, 0.6) is 0 Å². The molecule has 3 aromatic rings. The van der Waals surface area contributed by atoms with Crippen LogP contribution in [0, 0.1) is 0 Å². The molecule has 0 unspecified atom stereocenters. The number of aromatic amines is 1. The minimum atomic E-state index is 0.517. The molecule has 2 aromatic heterocycles. The number of hydrogen-bond acceptors (Lipinski definition) is 4. The van der Waals surface area contributed by atoms with Crippen molar-refractivity contribution in [2.75, 3.05) is 5.73 Å². The number of rotatable bonds is 2. The van der Waals surface area contributed by atoms with Crippen LogP contribution in [-0.2, 0) is 0 Å². The first-order valence-electron chi connectivity index (χ1n) is 5.96. The second-order valence-corrected chi connectivity index (χ2v) is 4.64. The number of H-pyrrole nitrogens is 1. The van der Waals surface area contributed by atoms with E-state index in [1.165, 1.54) is 12.8 Å². The summed E-state index contributed by atoms with van der Waals surface area (Å²) >= 11 is 0. The highest BCUT2D eigenvalue weighted by atomic mass is 15.3. The lowest BCUT2D eigenvalue weighted by Crippen LogP contribution is -1.98. The third-order valence-electron chi connectivity index (χ3n) is 3.27. The average Bonchev–Trinajstić information content (AvgIpc) is 2.93. The van der Waals surface area contributed by atoms with Gasteiger partial charge in [-0.2, -0.15) is 15.4 Å². The zero-order chi connectivity index (χ0) is 12.1. The van der Waals surface area contributed by atoms with Crippen LogP contribution in [0.1, 0.15) is 18.9 Å². The van der Waals surface area contributed by atoms with E-state index in [-0.39, 0.29) is 0 Å². The first-order chi connectivity index (χ1) is 8.83. The first-order valence-corrected chi connectivity index (χ1v) is 5.96. The van der Waals surface area contributed by atoms with Gasteiger partial charge in [0.15, 0.2) is 5.82 Å². The van der Waals surface area contributed by atoms with E-state index in [0.29, 0.717) is 6.04 Å². The molecule has 4 rings (SSSR count). The summed E-state index contributed by atoms with van der Waals surface area (Å²) in [5.74, 6) is 0.867. The second kappa shape index (κ2) is 3.32. The maximum Gasteiger partial charge on any atom is 0.163 e. The Balaban J connectivity index is 2.04. The molecule has 1 fully saturated rings. The van der Waals surface area contributed by atoms with E-state index >= 15 is 0 Å². The molecule has 1 saturated carbocycles. The molecule has 0 atom stereocenters. The number of benzene rings is 1. The predicted octanol–water partition coefficient (Wildman–Crippen LogP) is 1.74. The molecule has 3 N–H and O–H groups in total. The largest absolute Gasteiger partial charge is 0.399 e. The Morgan fingerprint density at radius 2 is 2.22 bits per heavy atom. The number of anilines is 1. The van der Waals surface area contributed by atoms with Crippen molar-refractivity contribution < 1.29 is 0 Å². The van der Waals surface area contributed by atoms with Crippen LogP contribution < -0.4 is 5.73 Å². The van der Waals surface area contributed by atoms with E-state index in [1.54, 1.807) is 6.20 Å². The Labute approximate surface area is 103 Å². The summed E-state index contributed by atoms with van der Waals surface area (Å²) in [7, 11) is 0. The smallest absolute Gasteiger partial charge is 0.163 e. The molecule has 1 aromatic carbocycles. The Bertz CT molecular complexity index is 708. The maximum absolute atomic E-state index is 5.87. The number of imidazole rings is 1. The van der Waals surface area contributed by atoms with Crippen molar-refractivity contribution in [3.8, 4) is 11.5 Å². The fourth-order valence-electron chi connectivity index (χ4n) is 2.30. The van der Waals surface area contributed by atoms with Crippen molar-refractivity contribution in [2.24, 2.45) is 0 Å². The highest BCUT2D eigenvalue weighted by Crippen LogP contribution is 2.41. The Kier molecular flexibility index (Phi) is 1.78. The molecule has 6 nitrogen and oxygen atoms in total. The number of fused-ring (bicyclic) bond motifs is 1. The van der Waals surface area contributed by atoms with Crippen LogP contribution in [0.3, 0.4) is 0 Å². The Morgan fingerprint density at radius 3 is 2.94 bits per heavy atom. The molecule has 1 aliphatic rings. The summed E-state index contributed by atoms with van der Waals surface area (Å²) in [6.07, 6.45) is 4.07. The molecule has 90 valence electrons. The van der Waals surface area contributed by atoms with Crippen molar-refractivity contribution in [2.45, 2.75) is 18.9 Å². The molecule has 0 spiro atoms. The van der Waals surface area contributed by atoms with Gasteiger partial charge in [0.1, 0.15) is 5.69 Å². The maximum atomic E-state index is 5.87. The molecule has 0 radical (unpaired) electrons. The van der Waals surface area contributed by atoms with Gasteiger partial charge in [-0.15, -0.1) is 0 Å². The molecule has 0 amide bonds. The quantitative estimate of drug-likeness (QED) is 0.668. The summed E-state index contributed by atoms with van der Waals surface area (Å²) in [6.45, 7) is 0. The van der Waals surface area contributed by atoms with E-state index in [0.717, 1.165) is 28.2 Å². The predicted molar refractivity (Wildman–Crippen MR) is 67.8 cm³/mol. The van der Waals surface area contributed by atoms with E-state index in [2.05, 4.69) is 25.0 Å². The zero-order valence-electron chi connectivity index (χ0n) is 9.67. The lowest BCUT2D eigenvalue weighted by atomic mass is 10.3.